The Morgan fingerprint density at radius 3 is 2.45 bits per heavy atom. The van der Waals surface area contributed by atoms with Gasteiger partial charge in [0, 0.05) is 0 Å². The third-order valence-corrected chi connectivity index (χ3v) is 5.36. The molecule has 0 aliphatic heterocycles. The van der Waals surface area contributed by atoms with Crippen molar-refractivity contribution in [2.24, 2.45) is 0 Å². The Hall–Kier alpha value is -1.56. The fourth-order valence-electron chi connectivity index (χ4n) is 3.81. The van der Waals surface area contributed by atoms with Gasteiger partial charge in [0.05, 0.1) is 0 Å². The van der Waals surface area contributed by atoms with E-state index in [4.69, 9.17) is 0 Å². The number of fused-ring (bicyclic) bond motifs is 3. The Morgan fingerprint density at radius 2 is 1.64 bits per heavy atom. The molecule has 0 heteroatoms. The fraction of sp³-hybridized carbons (Fsp3) is 0.455. The lowest BCUT2D eigenvalue weighted by Crippen LogP contribution is -1.98. The summed E-state index contributed by atoms with van der Waals surface area (Å²) in [4.78, 5) is 0. The maximum atomic E-state index is 2.49. The minimum atomic E-state index is 1.12. The third kappa shape index (κ3) is 2.84. The summed E-state index contributed by atoms with van der Waals surface area (Å²) < 4.78 is 0. The molecule has 1 aliphatic rings. The Labute approximate surface area is 135 Å². The molecule has 0 fully saturated rings. The fourth-order valence-corrected chi connectivity index (χ4v) is 3.81. The molecule has 0 amide bonds. The van der Waals surface area contributed by atoms with Crippen LogP contribution < -0.4 is 0 Å². The number of hydrogen-bond donors (Lipinski definition) is 0. The maximum absolute atomic E-state index is 2.49. The molecule has 0 nitrogen and oxygen atoms in total. The highest BCUT2D eigenvalue weighted by atomic mass is 14.3. The molecule has 0 saturated heterocycles. The Kier molecular flexibility index (Phi) is 4.66. The zero-order valence-corrected chi connectivity index (χ0v) is 14.3. The van der Waals surface area contributed by atoms with Crippen LogP contribution in [0.15, 0.2) is 30.3 Å². The van der Waals surface area contributed by atoms with Crippen molar-refractivity contribution in [2.75, 3.05) is 0 Å². The molecule has 0 aromatic heterocycles. The number of benzene rings is 2. The van der Waals surface area contributed by atoms with Crippen LogP contribution in [-0.2, 0) is 12.8 Å². The van der Waals surface area contributed by atoms with Gasteiger partial charge < -0.3 is 0 Å². The molecular weight excluding hydrogens is 264 g/mol. The van der Waals surface area contributed by atoms with Gasteiger partial charge in [-0.1, -0.05) is 62.9 Å². The van der Waals surface area contributed by atoms with Crippen LogP contribution in [0, 0.1) is 13.8 Å². The van der Waals surface area contributed by atoms with E-state index in [1.54, 1.807) is 11.1 Å². The number of unbranched alkanes of at least 4 members (excludes halogenated alkanes) is 4. The first-order valence-corrected chi connectivity index (χ1v) is 8.92. The normalized spacial score (nSPS) is 12.3. The van der Waals surface area contributed by atoms with E-state index >= 15 is 0 Å². The Bertz CT molecular complexity index is 664. The molecule has 1 aliphatic carbocycles. The molecular formula is C22H28. The van der Waals surface area contributed by atoms with E-state index in [0.29, 0.717) is 0 Å². The highest BCUT2D eigenvalue weighted by Crippen LogP contribution is 2.40. The molecule has 2 aromatic rings. The largest absolute Gasteiger partial charge is 0.0654 e. The van der Waals surface area contributed by atoms with E-state index in [2.05, 4.69) is 51.1 Å². The highest BCUT2D eigenvalue weighted by molar-refractivity contribution is 5.79. The second-order valence-electron chi connectivity index (χ2n) is 6.81. The van der Waals surface area contributed by atoms with Crippen molar-refractivity contribution in [3.8, 4) is 11.1 Å². The van der Waals surface area contributed by atoms with Crippen LogP contribution in [-0.4, -0.2) is 0 Å². The minimum Gasteiger partial charge on any atom is -0.0654 e. The monoisotopic (exact) mass is 292 g/mol. The molecule has 0 spiro atoms. The summed E-state index contributed by atoms with van der Waals surface area (Å²) in [6.45, 7) is 6.92. The SMILES string of the molecule is CCCCCCCc1cc2c(c(C)c1C)Cc1ccccc1-2. The predicted octanol–water partition coefficient (Wildman–Crippen LogP) is 6.39. The summed E-state index contributed by atoms with van der Waals surface area (Å²) in [5, 5.41) is 0. The summed E-state index contributed by atoms with van der Waals surface area (Å²) in [5.74, 6) is 0. The first kappa shape index (κ1) is 15.3. The van der Waals surface area contributed by atoms with Crippen molar-refractivity contribution < 1.29 is 0 Å². The van der Waals surface area contributed by atoms with E-state index in [0.717, 1.165) is 6.42 Å². The minimum absolute atomic E-state index is 1.12. The molecule has 0 radical (unpaired) electrons. The van der Waals surface area contributed by atoms with Crippen molar-refractivity contribution in [3.63, 3.8) is 0 Å². The summed E-state index contributed by atoms with van der Waals surface area (Å²) >= 11 is 0. The van der Waals surface area contributed by atoms with Crippen LogP contribution >= 0.6 is 0 Å². The van der Waals surface area contributed by atoms with Crippen LogP contribution in [0.3, 0.4) is 0 Å². The summed E-state index contributed by atoms with van der Waals surface area (Å²) in [7, 11) is 0. The number of hydrogen-bond acceptors (Lipinski definition) is 0. The van der Waals surface area contributed by atoms with Gasteiger partial charge in [0.25, 0.3) is 0 Å². The molecule has 2 aromatic carbocycles. The Balaban J connectivity index is 1.83. The summed E-state index contributed by atoms with van der Waals surface area (Å²) in [6.07, 6.45) is 9.17. The van der Waals surface area contributed by atoms with Crippen molar-refractivity contribution >= 4 is 0 Å². The summed E-state index contributed by atoms with van der Waals surface area (Å²) in [5.41, 5.74) is 10.7. The molecule has 0 N–H and O–H groups in total. The van der Waals surface area contributed by atoms with Crippen LogP contribution in [0.4, 0.5) is 0 Å². The van der Waals surface area contributed by atoms with Crippen molar-refractivity contribution in [1.82, 2.24) is 0 Å². The smallest absolute Gasteiger partial charge is 0.00107 e. The molecule has 116 valence electrons. The lowest BCUT2D eigenvalue weighted by Gasteiger charge is -2.14. The van der Waals surface area contributed by atoms with Gasteiger partial charge in [0.1, 0.15) is 0 Å². The van der Waals surface area contributed by atoms with Gasteiger partial charge in [-0.05, 0) is 72.1 Å². The second kappa shape index (κ2) is 6.69. The number of rotatable bonds is 6. The first-order chi connectivity index (χ1) is 10.7. The van der Waals surface area contributed by atoms with Gasteiger partial charge in [-0.25, -0.2) is 0 Å². The van der Waals surface area contributed by atoms with Gasteiger partial charge in [0.15, 0.2) is 0 Å². The average Bonchev–Trinajstić information content (AvgIpc) is 2.90. The highest BCUT2D eigenvalue weighted by Gasteiger charge is 2.21. The lowest BCUT2D eigenvalue weighted by molar-refractivity contribution is 0.631. The van der Waals surface area contributed by atoms with Crippen LogP contribution in [0.1, 0.15) is 66.8 Å². The van der Waals surface area contributed by atoms with Crippen molar-refractivity contribution in [1.29, 1.82) is 0 Å². The topological polar surface area (TPSA) is 0 Å². The van der Waals surface area contributed by atoms with E-state index in [1.165, 1.54) is 66.3 Å². The van der Waals surface area contributed by atoms with Crippen molar-refractivity contribution in [3.05, 3.63) is 58.1 Å². The molecule has 0 heterocycles. The molecule has 22 heavy (non-hydrogen) atoms. The van der Waals surface area contributed by atoms with Crippen LogP contribution in [0.25, 0.3) is 11.1 Å². The molecule has 0 unspecified atom stereocenters. The predicted molar refractivity (Wildman–Crippen MR) is 96.6 cm³/mol. The zero-order valence-electron chi connectivity index (χ0n) is 14.3. The van der Waals surface area contributed by atoms with E-state index in [1.807, 2.05) is 0 Å². The number of aryl methyl sites for hydroxylation is 1. The maximum Gasteiger partial charge on any atom is -0.00107 e. The van der Waals surface area contributed by atoms with Crippen LogP contribution in [0.2, 0.25) is 0 Å². The van der Waals surface area contributed by atoms with Gasteiger partial charge >= 0.3 is 0 Å². The molecule has 0 bridgehead atoms. The van der Waals surface area contributed by atoms with Gasteiger partial charge in [0.2, 0.25) is 0 Å². The van der Waals surface area contributed by atoms with Gasteiger partial charge in [-0.3, -0.25) is 0 Å². The Morgan fingerprint density at radius 1 is 0.864 bits per heavy atom. The molecule has 3 rings (SSSR count). The zero-order chi connectivity index (χ0) is 15.5. The molecule has 0 saturated carbocycles. The standard InChI is InChI=1S/C22H28/c1-4-5-6-7-8-11-18-14-22-20-13-10-9-12-19(20)15-21(22)17(3)16(18)2/h9-10,12-14H,4-8,11,15H2,1-3H3. The molecule has 0 atom stereocenters. The third-order valence-electron chi connectivity index (χ3n) is 5.36. The lowest BCUT2D eigenvalue weighted by atomic mass is 9.91. The van der Waals surface area contributed by atoms with Crippen LogP contribution in [0.5, 0.6) is 0 Å². The second-order valence-corrected chi connectivity index (χ2v) is 6.81. The first-order valence-electron chi connectivity index (χ1n) is 8.92. The van der Waals surface area contributed by atoms with E-state index in [-0.39, 0.29) is 0 Å². The quantitative estimate of drug-likeness (QED) is 0.462. The van der Waals surface area contributed by atoms with Gasteiger partial charge in [-0.2, -0.15) is 0 Å². The van der Waals surface area contributed by atoms with E-state index in [9.17, 15) is 0 Å². The van der Waals surface area contributed by atoms with Crippen molar-refractivity contribution in [2.45, 2.75) is 65.7 Å². The van der Waals surface area contributed by atoms with E-state index < -0.39 is 0 Å². The summed E-state index contributed by atoms with van der Waals surface area (Å²) in [6, 6.07) is 11.4. The average molecular weight is 292 g/mol. The van der Waals surface area contributed by atoms with Gasteiger partial charge in [-0.15, -0.1) is 0 Å².